The lowest BCUT2D eigenvalue weighted by molar-refractivity contribution is 0.193. The third kappa shape index (κ3) is 6.88. The highest BCUT2D eigenvalue weighted by Crippen LogP contribution is 2.21. The predicted octanol–water partition coefficient (Wildman–Crippen LogP) is 3.01. The Hall–Kier alpha value is -0.110. The molecule has 15 heavy (non-hydrogen) atoms. The Balaban J connectivity index is 0.000000921. The number of hydrogen-bond acceptors (Lipinski definition) is 3. The molecule has 0 amide bonds. The van der Waals surface area contributed by atoms with E-state index in [0.717, 1.165) is 24.4 Å². The Bertz CT molecular complexity index is 216. The van der Waals surface area contributed by atoms with E-state index < -0.39 is 0 Å². The molecule has 0 saturated heterocycles. The molecule has 0 saturated carbocycles. The zero-order valence-electron chi connectivity index (χ0n) is 9.82. The van der Waals surface area contributed by atoms with E-state index in [2.05, 4.69) is 21.5 Å². The van der Waals surface area contributed by atoms with Crippen LogP contribution in [0.1, 0.15) is 19.8 Å². The van der Waals surface area contributed by atoms with E-state index in [0.29, 0.717) is 6.10 Å². The normalized spacial score (nSPS) is 11.5. The van der Waals surface area contributed by atoms with E-state index in [1.54, 1.807) is 11.3 Å². The molecule has 0 aliphatic rings. The van der Waals surface area contributed by atoms with E-state index in [1.165, 1.54) is 0 Å². The van der Waals surface area contributed by atoms with Gasteiger partial charge in [0.25, 0.3) is 0 Å². The minimum atomic E-state index is 0.353. The fourth-order valence-corrected chi connectivity index (χ4v) is 1.79. The average Bonchev–Trinajstić information content (AvgIpc) is 2.79. The molecule has 0 spiro atoms. The van der Waals surface area contributed by atoms with Gasteiger partial charge >= 0.3 is 0 Å². The molecule has 1 heterocycles. The van der Waals surface area contributed by atoms with Gasteiger partial charge in [0.1, 0.15) is 6.10 Å². The molecule has 88 valence electrons. The lowest BCUT2D eigenvalue weighted by Gasteiger charge is -2.15. The van der Waals surface area contributed by atoms with Crippen LogP contribution in [0.5, 0.6) is 5.06 Å². The van der Waals surface area contributed by atoms with Gasteiger partial charge in [0.05, 0.1) is 0 Å². The van der Waals surface area contributed by atoms with Crippen LogP contribution in [-0.4, -0.2) is 26.4 Å². The van der Waals surface area contributed by atoms with E-state index in [1.807, 2.05) is 31.2 Å². The van der Waals surface area contributed by atoms with Gasteiger partial charge in [-0.25, -0.2) is 0 Å². The monoisotopic (exact) mass is 247 g/mol. The van der Waals surface area contributed by atoms with Gasteiger partial charge in [0.2, 0.25) is 0 Å². The van der Waals surface area contributed by atoms with Gasteiger partial charge in [0, 0.05) is 0 Å². The second-order valence-electron chi connectivity index (χ2n) is 2.97. The third-order valence-electron chi connectivity index (χ3n) is 1.95. The van der Waals surface area contributed by atoms with Gasteiger partial charge in [-0.15, -0.1) is 20.6 Å². The van der Waals surface area contributed by atoms with Crippen molar-refractivity contribution in [2.24, 2.45) is 0 Å². The fraction of sp³-hybridized carbons (Fsp3) is 0.636. The zero-order chi connectivity index (χ0) is 11.5. The highest BCUT2D eigenvalue weighted by Gasteiger charge is 2.07. The molecule has 4 heteroatoms. The van der Waals surface area contributed by atoms with Gasteiger partial charge in [-0.2, -0.15) is 0 Å². The molecule has 0 bridgehead atoms. The second-order valence-corrected chi connectivity index (χ2v) is 3.88. The summed E-state index contributed by atoms with van der Waals surface area (Å²) in [6.45, 7) is 5.10. The molecule has 0 radical (unpaired) electrons. The maximum Gasteiger partial charge on any atom is 0.174 e. The van der Waals surface area contributed by atoms with Crippen LogP contribution in [0, 0.1) is 0 Å². The maximum atomic E-state index is 5.78. The first kappa shape index (κ1) is 14.9. The van der Waals surface area contributed by atoms with Gasteiger partial charge in [-0.1, -0.05) is 13.6 Å². The molecule has 1 N–H and O–H groups in total. The van der Waals surface area contributed by atoms with Crippen LogP contribution in [0.15, 0.2) is 17.5 Å². The summed E-state index contributed by atoms with van der Waals surface area (Å²) >= 11 is 1.66. The van der Waals surface area contributed by atoms with Crippen LogP contribution >= 0.6 is 20.6 Å². The van der Waals surface area contributed by atoms with Gasteiger partial charge in [-0.3, -0.25) is 0 Å². The van der Waals surface area contributed by atoms with Crippen molar-refractivity contribution in [3.63, 3.8) is 0 Å². The highest BCUT2D eigenvalue weighted by molar-refractivity contribution is 7.15. The van der Waals surface area contributed by atoms with Crippen molar-refractivity contribution in [3.05, 3.63) is 17.5 Å². The minimum absolute atomic E-state index is 0.353. The molecule has 2 unspecified atom stereocenters. The topological polar surface area (TPSA) is 21.3 Å². The van der Waals surface area contributed by atoms with Crippen molar-refractivity contribution >= 4 is 20.6 Å². The number of thiophene rings is 1. The molecule has 0 fully saturated rings. The Labute approximate surface area is 99.6 Å². The van der Waals surface area contributed by atoms with Crippen molar-refractivity contribution in [1.82, 2.24) is 5.32 Å². The summed E-state index contributed by atoms with van der Waals surface area (Å²) in [5.74, 6) is 0. The average molecular weight is 247 g/mol. The van der Waals surface area contributed by atoms with Crippen LogP contribution in [0.25, 0.3) is 0 Å². The maximum absolute atomic E-state index is 5.78. The SMILES string of the molecule is CCC(CCNC)Oc1cccs1.CP. The lowest BCUT2D eigenvalue weighted by Crippen LogP contribution is -2.21. The third-order valence-corrected chi connectivity index (χ3v) is 2.71. The molecule has 0 aromatic carbocycles. The molecule has 2 atom stereocenters. The highest BCUT2D eigenvalue weighted by atomic mass is 32.1. The minimum Gasteiger partial charge on any atom is -0.481 e. The molecule has 1 aromatic heterocycles. The quantitative estimate of drug-likeness (QED) is 0.780. The largest absolute Gasteiger partial charge is 0.481 e. The van der Waals surface area contributed by atoms with Crippen molar-refractivity contribution in [2.45, 2.75) is 25.9 Å². The summed E-state index contributed by atoms with van der Waals surface area (Å²) in [5, 5.41) is 6.21. The second kappa shape index (κ2) is 10.4. The number of rotatable bonds is 6. The summed E-state index contributed by atoms with van der Waals surface area (Å²) in [7, 11) is 4.39. The molecule has 2 nitrogen and oxygen atoms in total. The summed E-state index contributed by atoms with van der Waals surface area (Å²) in [4.78, 5) is 0. The summed E-state index contributed by atoms with van der Waals surface area (Å²) in [6, 6.07) is 4.04. The van der Waals surface area contributed by atoms with Crippen molar-refractivity contribution in [1.29, 1.82) is 0 Å². The Morgan fingerprint density at radius 2 is 2.27 bits per heavy atom. The molecule has 0 aliphatic carbocycles. The Morgan fingerprint density at radius 3 is 2.73 bits per heavy atom. The molecule has 0 aliphatic heterocycles. The molecular weight excluding hydrogens is 225 g/mol. The van der Waals surface area contributed by atoms with Crippen LogP contribution in [0.3, 0.4) is 0 Å². The molecular formula is C11H22NOPS. The number of nitrogens with one attached hydrogen (secondary N) is 1. The van der Waals surface area contributed by atoms with Crippen molar-refractivity contribution < 1.29 is 4.74 Å². The summed E-state index contributed by atoms with van der Waals surface area (Å²) in [5.41, 5.74) is 0. The number of ether oxygens (including phenoxy) is 1. The summed E-state index contributed by atoms with van der Waals surface area (Å²) < 4.78 is 5.78. The van der Waals surface area contributed by atoms with Gasteiger partial charge in [0.15, 0.2) is 5.06 Å². The van der Waals surface area contributed by atoms with E-state index in [9.17, 15) is 0 Å². The first-order chi connectivity index (χ1) is 7.36. The van der Waals surface area contributed by atoms with E-state index in [-0.39, 0.29) is 0 Å². The first-order valence-electron chi connectivity index (χ1n) is 5.29. The van der Waals surface area contributed by atoms with Gasteiger partial charge < -0.3 is 10.1 Å². The van der Waals surface area contributed by atoms with Crippen molar-refractivity contribution in [2.75, 3.05) is 20.3 Å². The Kier molecular flexibility index (Phi) is 10.3. The van der Waals surface area contributed by atoms with E-state index in [4.69, 9.17) is 4.74 Å². The molecule has 1 aromatic rings. The standard InChI is InChI=1S/C10H17NOS.CH5P/c1-3-9(6-7-11-2)12-10-5-4-8-13-10;1-2/h4-5,8-9,11H,3,6-7H2,1-2H3;2H2,1H3. The fourth-order valence-electron chi connectivity index (χ4n) is 1.15. The van der Waals surface area contributed by atoms with Crippen LogP contribution < -0.4 is 10.1 Å². The van der Waals surface area contributed by atoms with Crippen LogP contribution in [0.4, 0.5) is 0 Å². The summed E-state index contributed by atoms with van der Waals surface area (Å²) in [6.07, 6.45) is 2.50. The number of hydrogen-bond donors (Lipinski definition) is 1. The smallest absolute Gasteiger partial charge is 0.174 e. The van der Waals surface area contributed by atoms with Crippen LogP contribution in [0.2, 0.25) is 0 Å². The Morgan fingerprint density at radius 1 is 1.53 bits per heavy atom. The first-order valence-corrected chi connectivity index (χ1v) is 7.32. The van der Waals surface area contributed by atoms with Crippen molar-refractivity contribution in [3.8, 4) is 5.06 Å². The zero-order valence-corrected chi connectivity index (χ0v) is 11.8. The predicted molar refractivity (Wildman–Crippen MR) is 73.2 cm³/mol. The van der Waals surface area contributed by atoms with E-state index >= 15 is 0 Å². The van der Waals surface area contributed by atoms with Crippen LogP contribution in [-0.2, 0) is 0 Å². The molecule has 1 rings (SSSR count). The van der Waals surface area contributed by atoms with Gasteiger partial charge in [-0.05, 0) is 43.9 Å². The lowest BCUT2D eigenvalue weighted by atomic mass is 10.2.